The lowest BCUT2D eigenvalue weighted by Gasteiger charge is -2.32. The monoisotopic (exact) mass is 1540 g/mol. The summed E-state index contributed by atoms with van der Waals surface area (Å²) in [6, 6.07) is 31.8. The third-order valence-electron chi connectivity index (χ3n) is 19.9. The molecule has 0 aliphatic carbocycles. The molecule has 0 N–H and O–H groups in total. The molecule has 0 unspecified atom stereocenters. The number of alkyl halides is 2. The summed E-state index contributed by atoms with van der Waals surface area (Å²) < 4.78 is 53.4. The molecule has 0 atom stereocenters. The topological polar surface area (TPSA) is 186 Å². The number of hydrogen-bond donors (Lipinski definition) is 0. The van der Waals surface area contributed by atoms with Gasteiger partial charge in [-0.1, -0.05) is 139 Å². The highest BCUT2D eigenvalue weighted by atomic mass is 32.1. The molecule has 13 aromatic rings. The predicted octanol–water partition coefficient (Wildman–Crippen LogP) is 20.7. The number of nitrogens with zero attached hydrogens (tertiary/aromatic N) is 15. The van der Waals surface area contributed by atoms with Gasteiger partial charge in [0, 0.05) is 83.8 Å². The third-order valence-corrected chi connectivity index (χ3v) is 21.7. The highest BCUT2D eigenvalue weighted by Gasteiger charge is 2.46. The molecule has 111 heavy (non-hydrogen) atoms. The van der Waals surface area contributed by atoms with Crippen molar-refractivity contribution >= 4 is 77.3 Å². The number of aryl methyl sites for hydroxylation is 5. The van der Waals surface area contributed by atoms with Crippen molar-refractivity contribution in [3.05, 3.63) is 220 Å². The molecule has 0 radical (unpaired) electrons. The maximum absolute atomic E-state index is 13.4. The smallest absolute Gasteiger partial charge is 0.395 e. The summed E-state index contributed by atoms with van der Waals surface area (Å²) in [7, 11) is 7.30. The van der Waals surface area contributed by atoms with E-state index in [1.807, 2.05) is 62.0 Å². The van der Waals surface area contributed by atoms with Crippen LogP contribution in [0.4, 0.5) is 25.0 Å². The molecule has 24 heteroatoms. The molecule has 3 amide bonds. The first kappa shape index (κ1) is 81.6. The Bertz CT molecular complexity index is 5380. The van der Waals surface area contributed by atoms with Crippen LogP contribution in [0.1, 0.15) is 206 Å². The molecule has 20 nitrogen and oxygen atoms in total. The largest absolute Gasteiger partial charge is 0.586 e. The fraction of sp³-hybridized carbons (Fsp3) is 0.391. The van der Waals surface area contributed by atoms with Crippen molar-refractivity contribution in [1.29, 1.82) is 0 Å². The number of methoxy groups -OCH3 is 1. The van der Waals surface area contributed by atoms with E-state index in [0.29, 0.717) is 53.3 Å². The second kappa shape index (κ2) is 35.3. The van der Waals surface area contributed by atoms with Gasteiger partial charge in [-0.2, -0.15) is 0 Å². The Kier molecular flexibility index (Phi) is 25.9. The third kappa shape index (κ3) is 18.5. The zero-order valence-corrected chi connectivity index (χ0v) is 69.3. The van der Waals surface area contributed by atoms with Gasteiger partial charge in [0.15, 0.2) is 17.3 Å². The van der Waals surface area contributed by atoms with Crippen molar-refractivity contribution in [3.63, 3.8) is 0 Å². The van der Waals surface area contributed by atoms with Gasteiger partial charge in [0.2, 0.25) is 5.91 Å². The summed E-state index contributed by atoms with van der Waals surface area (Å²) >= 11 is 3.43. The number of ether oxygens (including phenoxy) is 3. The molecular formula is C87H105F2N15O5S2. The number of halogens is 2. The molecule has 0 spiro atoms. The first-order valence-corrected chi connectivity index (χ1v) is 39.9. The van der Waals surface area contributed by atoms with Crippen molar-refractivity contribution in [2.75, 3.05) is 44.1 Å². The van der Waals surface area contributed by atoms with Gasteiger partial charge in [-0.25, -0.2) is 39.4 Å². The van der Waals surface area contributed by atoms with Gasteiger partial charge < -0.3 is 42.3 Å². The molecule has 584 valence electrons. The quantitative estimate of drug-likeness (QED) is 0.106. The average molecular weight is 1540 g/mol. The SMILES string of the molecule is CC(=O)N1CCc2cc(C(C)C)ccc21.CC(C)c1ccc2c(c1)CCCN2C(=O)N(C)C.CCc1cn(-c2ccc(C(C)C)c3c2ncn3C)cn1.COCc1ncn(-c2ccc(C(C)C)c3ncsc23)n1.Cc1cn(-c2ccc(C(C)C)c3c2OC(F)(F)O3)cn1.Cc1cn(-c2ccc(C(C)C)c3ccsc23)cn1. The van der Waals surface area contributed by atoms with Crippen LogP contribution in [0.25, 0.3) is 54.1 Å². The Balaban J connectivity index is 0.000000132. The zero-order chi connectivity index (χ0) is 79.9. The van der Waals surface area contributed by atoms with Crippen LogP contribution in [0.5, 0.6) is 11.5 Å². The van der Waals surface area contributed by atoms with E-state index in [1.165, 1.54) is 60.2 Å². The summed E-state index contributed by atoms with van der Waals surface area (Å²) in [5, 5.41) is 7.98. The number of carbonyl (C=O) groups excluding carboxylic acids is 2. The second-order valence-corrected chi connectivity index (χ2v) is 32.1. The average Bonchev–Trinajstić information content (AvgIpc) is 1.63. The van der Waals surface area contributed by atoms with Crippen molar-refractivity contribution < 1.29 is 32.6 Å². The number of thiophene rings is 1. The lowest BCUT2D eigenvalue weighted by Crippen LogP contribution is -2.42. The minimum Gasteiger partial charge on any atom is -0.395 e. The molecule has 6 aromatic carbocycles. The van der Waals surface area contributed by atoms with Crippen LogP contribution in [0.3, 0.4) is 0 Å². The van der Waals surface area contributed by atoms with Gasteiger partial charge in [-0.05, 0) is 167 Å². The summed E-state index contributed by atoms with van der Waals surface area (Å²) in [6.45, 7) is 35.6. The second-order valence-electron chi connectivity index (χ2n) is 30.3. The molecule has 0 saturated carbocycles. The highest BCUT2D eigenvalue weighted by Crippen LogP contribution is 2.49. The maximum atomic E-state index is 13.4. The normalized spacial score (nSPS) is 13.3. The summed E-state index contributed by atoms with van der Waals surface area (Å²) in [5.41, 5.74) is 24.2. The van der Waals surface area contributed by atoms with Crippen LogP contribution in [-0.2, 0) is 42.4 Å². The summed E-state index contributed by atoms with van der Waals surface area (Å²) in [4.78, 5) is 55.0. The number of hydrogen-bond acceptors (Lipinski definition) is 14. The Hall–Kier alpha value is -10.4. The van der Waals surface area contributed by atoms with Gasteiger partial charge in [0.25, 0.3) is 0 Å². The number of urea groups is 1. The number of thiazole rings is 1. The Morgan fingerprint density at radius 2 is 1.12 bits per heavy atom. The van der Waals surface area contributed by atoms with Gasteiger partial charge in [0.1, 0.15) is 18.5 Å². The number of benzene rings is 6. The van der Waals surface area contributed by atoms with Crippen molar-refractivity contribution in [2.45, 2.75) is 185 Å². The standard InChI is InChI=1S/C16H20N4.C15H22N2O.C15H16N2S.C14H14F2N2O2.C14H16N4OS.C13H17NO/c1-5-12-8-20(10-17-12)14-7-6-13(11(2)3)16-15(14)18-9-19(16)4;1-11(2)12-7-8-14-13(10-12)6-5-9-17(14)15(18)16(3)4;1-10(2)12-4-5-14(15-13(12)6-7-18-15)17-8-11(3)16-9-17;1-8(2)10-4-5-11(18-6-9(3)17-7-18)13-12(10)19-14(15,16)20-13;1-9(2)10-4-5-11(14-13(10)16-8-20-14)18-7-15-12(17-18)6-19-3;1-9(2)11-4-5-13-12(8-11)6-7-14(13)10(3)15/h6-11H,5H2,1-4H3;7-8,10-11H,5-6,9H2,1-4H3;4-10H,1-3H3;4-8H,1-3H3;4-5,7-9H,6H2,1-3H3;4-5,8-9H,6-7H2,1-3H3. The van der Waals surface area contributed by atoms with Crippen LogP contribution in [0.15, 0.2) is 152 Å². The molecule has 16 rings (SSSR count). The number of fused-ring (bicyclic) bond motifs is 6. The number of amides is 3. The molecule has 3 aliphatic rings. The van der Waals surface area contributed by atoms with E-state index in [4.69, 9.17) is 4.74 Å². The van der Waals surface area contributed by atoms with Gasteiger partial charge in [-0.3, -0.25) is 9.69 Å². The van der Waals surface area contributed by atoms with Crippen molar-refractivity contribution in [3.8, 4) is 34.2 Å². The van der Waals surface area contributed by atoms with Crippen LogP contribution < -0.4 is 19.3 Å². The number of rotatable bonds is 13. The number of carbonyl (C=O) groups is 2. The number of aromatic nitrogens is 12. The van der Waals surface area contributed by atoms with E-state index in [1.54, 1.807) is 95.9 Å². The van der Waals surface area contributed by atoms with E-state index in [9.17, 15) is 18.4 Å². The van der Waals surface area contributed by atoms with Crippen LogP contribution >= 0.6 is 22.7 Å². The van der Waals surface area contributed by atoms with E-state index < -0.39 is 6.29 Å². The molecule has 10 heterocycles. The lowest BCUT2D eigenvalue weighted by atomic mass is 9.95. The van der Waals surface area contributed by atoms with Gasteiger partial charge in [-0.15, -0.1) is 36.6 Å². The minimum atomic E-state index is -3.63. The molecule has 0 bridgehead atoms. The first-order valence-electron chi connectivity index (χ1n) is 38.2. The van der Waals surface area contributed by atoms with Gasteiger partial charge >= 0.3 is 12.3 Å². The van der Waals surface area contributed by atoms with Gasteiger partial charge in [0.05, 0.1) is 91.1 Å². The molecule has 0 saturated heterocycles. The predicted molar refractivity (Wildman–Crippen MR) is 445 cm³/mol. The highest BCUT2D eigenvalue weighted by molar-refractivity contribution is 7.17. The molecule has 3 aliphatic heterocycles. The minimum absolute atomic E-state index is 0.0543. The number of imidazole rings is 4. The van der Waals surface area contributed by atoms with Crippen LogP contribution in [0.2, 0.25) is 0 Å². The Labute approximate surface area is 658 Å². The van der Waals surface area contributed by atoms with E-state index in [0.717, 1.165) is 94.3 Å². The fourth-order valence-electron chi connectivity index (χ4n) is 13.9. The summed E-state index contributed by atoms with van der Waals surface area (Å²) in [6.07, 6.45) is 15.3. The Morgan fingerprint density at radius 3 is 1.71 bits per heavy atom. The van der Waals surface area contributed by atoms with E-state index in [2.05, 4.69) is 238 Å². The molecular weight excluding hydrogens is 1440 g/mol. The Morgan fingerprint density at radius 1 is 0.559 bits per heavy atom. The van der Waals surface area contributed by atoms with Crippen LogP contribution in [0, 0.1) is 13.8 Å². The zero-order valence-electron chi connectivity index (χ0n) is 67.7. The molecule has 7 aromatic heterocycles. The summed E-state index contributed by atoms with van der Waals surface area (Å²) in [5.74, 6) is 3.62. The lowest BCUT2D eigenvalue weighted by molar-refractivity contribution is -0.287. The van der Waals surface area contributed by atoms with E-state index >= 15 is 0 Å². The maximum Gasteiger partial charge on any atom is 0.586 e. The fourth-order valence-corrected chi connectivity index (χ4v) is 15.7. The van der Waals surface area contributed by atoms with Crippen molar-refractivity contribution in [1.82, 2.24) is 62.9 Å². The van der Waals surface area contributed by atoms with Crippen LogP contribution in [-0.4, -0.2) is 115 Å². The van der Waals surface area contributed by atoms with Crippen molar-refractivity contribution in [2.24, 2.45) is 7.05 Å². The van der Waals surface area contributed by atoms with E-state index in [-0.39, 0.29) is 29.4 Å². The molecule has 0 fully saturated rings. The number of anilines is 2. The first-order chi connectivity index (χ1) is 52.9.